The standard InChI is InChI=1S/C36H30N4O6/c37-25-15-23-29-24(36(44)39(35(23)43)18-9-5-2-6-10-18)16-26(40(45)46)31-20-12-14-22-28-21(13-11-19(27(20)28)30(25)32(29)31)33(41)38(34(22)42)17-7-3-1-4-8-17/h11-18,37,41H,1-10H2. The Morgan fingerprint density at radius 3 is 1.85 bits per heavy atom. The summed E-state index contributed by atoms with van der Waals surface area (Å²) in [6, 6.07) is 9.28. The second-order valence-electron chi connectivity index (χ2n) is 13.3. The van der Waals surface area contributed by atoms with Gasteiger partial charge < -0.3 is 10.5 Å². The summed E-state index contributed by atoms with van der Waals surface area (Å²) >= 11 is 0. The molecule has 3 aliphatic carbocycles. The molecule has 5 aromatic rings. The lowest BCUT2D eigenvalue weighted by Crippen LogP contribution is -2.39. The van der Waals surface area contributed by atoms with Gasteiger partial charge in [-0.05, 0) is 60.0 Å². The van der Waals surface area contributed by atoms with E-state index in [9.17, 15) is 35.0 Å². The van der Waals surface area contributed by atoms with Crippen LogP contribution in [0.5, 0.6) is 5.88 Å². The molecule has 2 fully saturated rings. The Kier molecular flexibility index (Phi) is 5.59. The van der Waals surface area contributed by atoms with E-state index >= 15 is 0 Å². The normalized spacial score (nSPS) is 17.1. The Hall–Kier alpha value is -5.12. The largest absolute Gasteiger partial charge is 0.494 e. The number of aromatic nitrogens is 2. The van der Waals surface area contributed by atoms with Gasteiger partial charge in [-0.3, -0.25) is 33.6 Å². The first kappa shape index (κ1) is 27.2. The topological polar surface area (TPSA) is 148 Å². The van der Waals surface area contributed by atoms with Gasteiger partial charge in [-0.15, -0.1) is 0 Å². The Balaban J connectivity index is 1.49. The highest BCUT2D eigenvalue weighted by molar-refractivity contribution is 6.38. The summed E-state index contributed by atoms with van der Waals surface area (Å²) in [5.41, 5.74) is -1.06. The number of hydrogen-bond donors (Lipinski definition) is 2. The van der Waals surface area contributed by atoms with Gasteiger partial charge in [0.15, 0.2) is 0 Å². The number of pyridine rings is 2. The Bertz CT molecular complexity index is 2630. The molecule has 2 saturated carbocycles. The van der Waals surface area contributed by atoms with Crippen molar-refractivity contribution >= 4 is 59.5 Å². The molecule has 0 saturated heterocycles. The molecule has 0 radical (unpaired) electrons. The van der Waals surface area contributed by atoms with Gasteiger partial charge in [0.05, 0.1) is 26.6 Å². The third-order valence-electron chi connectivity index (χ3n) is 11.0. The molecule has 0 unspecified atom stereocenters. The number of aromatic hydroxyl groups is 1. The Labute approximate surface area is 260 Å². The molecule has 10 nitrogen and oxygen atoms in total. The number of hydrogen-bond acceptors (Lipinski definition) is 7. The number of non-ortho nitro benzene ring substituents is 1. The van der Waals surface area contributed by atoms with E-state index in [1.807, 2.05) is 0 Å². The molecular weight excluding hydrogens is 584 g/mol. The third kappa shape index (κ3) is 3.36. The average Bonchev–Trinajstić information content (AvgIpc) is 3.06. The van der Waals surface area contributed by atoms with Gasteiger partial charge in [0, 0.05) is 50.6 Å². The van der Waals surface area contributed by atoms with E-state index in [1.54, 1.807) is 24.3 Å². The zero-order chi connectivity index (χ0) is 31.6. The van der Waals surface area contributed by atoms with Crippen molar-refractivity contribution in [1.82, 2.24) is 9.13 Å². The van der Waals surface area contributed by atoms with E-state index in [2.05, 4.69) is 0 Å². The quantitative estimate of drug-likeness (QED) is 0.0984. The van der Waals surface area contributed by atoms with Gasteiger partial charge in [-0.1, -0.05) is 50.7 Å². The SMILES string of the molecule is N=c1cc2c(=O)n(C3CCCCC3)c(=O)c3cc([N+](=O)[O-])c4c5ccc6c(=O)n(C7CCCCC7)c(O)c7ccc(c1c4c3-2)c5c76. The molecule has 4 aliphatic rings. The molecular formula is C36H30N4O6. The molecule has 230 valence electrons. The summed E-state index contributed by atoms with van der Waals surface area (Å²) in [4.78, 5) is 54.4. The zero-order valence-electron chi connectivity index (χ0n) is 25.0. The highest BCUT2D eigenvalue weighted by atomic mass is 16.6. The maximum absolute atomic E-state index is 14.1. The van der Waals surface area contributed by atoms with Crippen molar-refractivity contribution < 1.29 is 10.0 Å². The van der Waals surface area contributed by atoms with E-state index in [1.165, 1.54) is 21.3 Å². The van der Waals surface area contributed by atoms with E-state index in [0.717, 1.165) is 51.4 Å². The van der Waals surface area contributed by atoms with Crippen LogP contribution < -0.4 is 22.0 Å². The number of nitrogens with one attached hydrogen (secondary N) is 1. The van der Waals surface area contributed by atoms with E-state index in [-0.39, 0.29) is 50.9 Å². The maximum atomic E-state index is 14.1. The number of benzene rings is 5. The first-order valence-electron chi connectivity index (χ1n) is 16.2. The molecule has 2 N–H and O–H groups in total. The summed E-state index contributed by atoms with van der Waals surface area (Å²) in [7, 11) is 0. The van der Waals surface area contributed by atoms with Crippen molar-refractivity contribution in [2.75, 3.05) is 0 Å². The molecule has 2 heterocycles. The van der Waals surface area contributed by atoms with Crippen molar-refractivity contribution in [2.45, 2.75) is 76.3 Å². The molecule has 0 spiro atoms. The number of nitro groups is 1. The minimum atomic E-state index is -0.535. The average molecular weight is 615 g/mol. The number of rotatable bonds is 3. The van der Waals surface area contributed by atoms with Crippen LogP contribution in [0, 0.1) is 15.5 Å². The smallest absolute Gasteiger partial charge is 0.278 e. The van der Waals surface area contributed by atoms with Gasteiger partial charge in [0.2, 0.25) is 5.88 Å². The predicted molar refractivity (Wildman–Crippen MR) is 177 cm³/mol. The van der Waals surface area contributed by atoms with Crippen LogP contribution in [0.1, 0.15) is 76.3 Å². The van der Waals surface area contributed by atoms with Crippen LogP contribution >= 0.6 is 0 Å². The van der Waals surface area contributed by atoms with Crippen LogP contribution in [0.4, 0.5) is 5.69 Å². The Morgan fingerprint density at radius 1 is 0.652 bits per heavy atom. The lowest BCUT2D eigenvalue weighted by Gasteiger charge is -2.27. The lowest BCUT2D eigenvalue weighted by molar-refractivity contribution is -0.382. The van der Waals surface area contributed by atoms with E-state index in [0.29, 0.717) is 61.5 Å². The van der Waals surface area contributed by atoms with Crippen molar-refractivity contribution in [3.63, 3.8) is 0 Å². The van der Waals surface area contributed by atoms with Crippen LogP contribution in [0.25, 0.3) is 65.0 Å². The lowest BCUT2D eigenvalue weighted by atomic mass is 9.82. The summed E-state index contributed by atoms with van der Waals surface area (Å²) in [6.45, 7) is 0. The summed E-state index contributed by atoms with van der Waals surface area (Å²) in [5, 5.41) is 37.6. The van der Waals surface area contributed by atoms with Gasteiger partial charge in [0.25, 0.3) is 22.4 Å². The van der Waals surface area contributed by atoms with Gasteiger partial charge in [0.1, 0.15) is 0 Å². The molecule has 0 bridgehead atoms. The number of fused-ring (bicyclic) bond motifs is 2. The molecule has 9 rings (SSSR count). The van der Waals surface area contributed by atoms with Crippen LogP contribution in [-0.4, -0.2) is 19.2 Å². The zero-order valence-corrected chi connectivity index (χ0v) is 25.0. The van der Waals surface area contributed by atoms with E-state index in [4.69, 9.17) is 0 Å². The van der Waals surface area contributed by atoms with Crippen molar-refractivity contribution in [3.8, 4) is 17.0 Å². The van der Waals surface area contributed by atoms with Gasteiger partial charge in [-0.25, -0.2) is 0 Å². The van der Waals surface area contributed by atoms with Crippen molar-refractivity contribution in [2.24, 2.45) is 0 Å². The van der Waals surface area contributed by atoms with Crippen LogP contribution in [0.2, 0.25) is 0 Å². The fraction of sp³-hybridized carbons (Fsp3) is 0.333. The first-order chi connectivity index (χ1) is 22.3. The maximum Gasteiger partial charge on any atom is 0.278 e. The Morgan fingerprint density at radius 2 is 1.20 bits per heavy atom. The molecule has 10 heteroatoms. The second kappa shape index (κ2) is 9.45. The molecule has 1 aromatic heterocycles. The van der Waals surface area contributed by atoms with Crippen LogP contribution in [0.15, 0.2) is 50.8 Å². The van der Waals surface area contributed by atoms with Crippen molar-refractivity contribution in [3.05, 3.63) is 82.9 Å². The van der Waals surface area contributed by atoms with Crippen molar-refractivity contribution in [1.29, 1.82) is 5.41 Å². The summed E-state index contributed by atoms with van der Waals surface area (Å²) < 4.78 is 2.78. The molecule has 46 heavy (non-hydrogen) atoms. The monoisotopic (exact) mass is 614 g/mol. The summed E-state index contributed by atoms with van der Waals surface area (Å²) in [6.07, 6.45) is 8.83. The molecule has 4 aromatic carbocycles. The predicted octanol–water partition coefficient (Wildman–Crippen LogP) is 6.66. The summed E-state index contributed by atoms with van der Waals surface area (Å²) in [5.74, 6) is -0.122. The minimum Gasteiger partial charge on any atom is -0.494 e. The molecule has 0 amide bonds. The molecule has 1 aliphatic heterocycles. The second-order valence-corrected chi connectivity index (χ2v) is 13.3. The first-order valence-corrected chi connectivity index (χ1v) is 16.2. The highest BCUT2D eigenvalue weighted by Gasteiger charge is 2.33. The molecule has 0 atom stereocenters. The fourth-order valence-electron chi connectivity index (χ4n) is 8.99. The van der Waals surface area contributed by atoms with Crippen LogP contribution in [-0.2, 0) is 0 Å². The van der Waals surface area contributed by atoms with Crippen LogP contribution in [0.3, 0.4) is 0 Å². The number of nitrogens with zero attached hydrogens (tertiary/aromatic N) is 3. The third-order valence-corrected chi connectivity index (χ3v) is 11.0. The highest BCUT2D eigenvalue weighted by Crippen LogP contribution is 2.49. The minimum absolute atomic E-state index is 0.00649. The van der Waals surface area contributed by atoms with Gasteiger partial charge >= 0.3 is 0 Å². The fourth-order valence-corrected chi connectivity index (χ4v) is 8.99. The van der Waals surface area contributed by atoms with Gasteiger partial charge in [-0.2, -0.15) is 0 Å². The van der Waals surface area contributed by atoms with E-state index < -0.39 is 16.0 Å². The number of nitro benzene ring substituents is 1.